The van der Waals surface area contributed by atoms with Gasteiger partial charge < -0.3 is 15.4 Å². The molecule has 0 unspecified atom stereocenters. The van der Waals surface area contributed by atoms with Crippen molar-refractivity contribution in [3.63, 3.8) is 0 Å². The van der Waals surface area contributed by atoms with Crippen molar-refractivity contribution in [1.29, 1.82) is 0 Å². The Balaban J connectivity index is 2.40. The Bertz CT molecular complexity index is 452. The highest BCUT2D eigenvalue weighted by atomic mass is 19.1. The molecule has 19 heavy (non-hydrogen) atoms. The maximum Gasteiger partial charge on any atom is 0.126 e. The van der Waals surface area contributed by atoms with Gasteiger partial charge in [0, 0.05) is 24.8 Å². The summed E-state index contributed by atoms with van der Waals surface area (Å²) in [6.45, 7) is 9.43. The highest BCUT2D eigenvalue weighted by molar-refractivity contribution is 5.57. The van der Waals surface area contributed by atoms with Crippen molar-refractivity contribution < 1.29 is 9.13 Å². The van der Waals surface area contributed by atoms with Crippen molar-refractivity contribution >= 4 is 5.69 Å². The minimum absolute atomic E-state index is 0.176. The molecule has 3 atom stereocenters. The van der Waals surface area contributed by atoms with E-state index >= 15 is 0 Å². The largest absolute Gasteiger partial charge is 0.372 e. The number of hydrogen-bond acceptors (Lipinski definition) is 3. The number of benzene rings is 1. The molecule has 1 aromatic carbocycles. The van der Waals surface area contributed by atoms with Crippen LogP contribution in [0.15, 0.2) is 12.1 Å². The standard InChI is InChI=1S/C15H23FN2O/c1-9-5-15(13(12(4)17)6-14(9)16)18-7-10(2)19-11(3)8-18/h5-6,10-12H,7-8,17H2,1-4H3/t10-,11+,12-/m1/s1. The SMILES string of the molecule is Cc1cc(N2C[C@@H](C)O[C@@H](C)C2)c([C@@H](C)N)cc1F. The van der Waals surface area contributed by atoms with Gasteiger partial charge in [0.1, 0.15) is 5.82 Å². The highest BCUT2D eigenvalue weighted by Crippen LogP contribution is 2.30. The van der Waals surface area contributed by atoms with E-state index in [0.29, 0.717) is 5.56 Å². The van der Waals surface area contributed by atoms with Crippen molar-refractivity contribution in [1.82, 2.24) is 0 Å². The molecule has 4 heteroatoms. The predicted octanol–water partition coefficient (Wildman–Crippen LogP) is 2.77. The van der Waals surface area contributed by atoms with E-state index in [2.05, 4.69) is 18.7 Å². The van der Waals surface area contributed by atoms with Crippen LogP contribution >= 0.6 is 0 Å². The lowest BCUT2D eigenvalue weighted by Gasteiger charge is -2.38. The molecule has 0 aliphatic carbocycles. The Morgan fingerprint density at radius 1 is 1.32 bits per heavy atom. The molecule has 0 aromatic heterocycles. The van der Waals surface area contributed by atoms with Crippen molar-refractivity contribution in [2.24, 2.45) is 5.73 Å². The molecule has 0 spiro atoms. The smallest absolute Gasteiger partial charge is 0.126 e. The van der Waals surface area contributed by atoms with E-state index in [1.54, 1.807) is 13.0 Å². The average molecular weight is 266 g/mol. The van der Waals surface area contributed by atoms with E-state index in [0.717, 1.165) is 24.3 Å². The van der Waals surface area contributed by atoms with Gasteiger partial charge in [0.2, 0.25) is 0 Å². The number of anilines is 1. The van der Waals surface area contributed by atoms with Crippen molar-refractivity contribution in [3.8, 4) is 0 Å². The highest BCUT2D eigenvalue weighted by Gasteiger charge is 2.25. The van der Waals surface area contributed by atoms with Gasteiger partial charge in [0.05, 0.1) is 12.2 Å². The van der Waals surface area contributed by atoms with Crippen molar-refractivity contribution in [2.75, 3.05) is 18.0 Å². The van der Waals surface area contributed by atoms with E-state index in [4.69, 9.17) is 10.5 Å². The minimum Gasteiger partial charge on any atom is -0.372 e. The zero-order valence-corrected chi connectivity index (χ0v) is 12.1. The minimum atomic E-state index is -0.189. The number of morpholine rings is 1. The fourth-order valence-electron chi connectivity index (χ4n) is 2.69. The van der Waals surface area contributed by atoms with Crippen LogP contribution in [-0.4, -0.2) is 25.3 Å². The fraction of sp³-hybridized carbons (Fsp3) is 0.600. The lowest BCUT2D eigenvalue weighted by atomic mass is 10.0. The van der Waals surface area contributed by atoms with Crippen LogP contribution in [0.3, 0.4) is 0 Å². The first-order valence-electron chi connectivity index (χ1n) is 6.84. The second kappa shape index (κ2) is 5.47. The van der Waals surface area contributed by atoms with Crippen molar-refractivity contribution in [2.45, 2.75) is 45.9 Å². The van der Waals surface area contributed by atoms with Crippen LogP contribution in [-0.2, 0) is 4.74 Å². The second-order valence-corrected chi connectivity index (χ2v) is 5.61. The lowest BCUT2D eigenvalue weighted by molar-refractivity contribution is -0.00528. The number of nitrogens with two attached hydrogens (primary N) is 1. The lowest BCUT2D eigenvalue weighted by Crippen LogP contribution is -2.46. The van der Waals surface area contributed by atoms with Gasteiger partial charge in [0.25, 0.3) is 0 Å². The first-order valence-corrected chi connectivity index (χ1v) is 6.84. The van der Waals surface area contributed by atoms with Crippen LogP contribution in [0.1, 0.15) is 37.9 Å². The van der Waals surface area contributed by atoms with Gasteiger partial charge in [0.15, 0.2) is 0 Å². The van der Waals surface area contributed by atoms with Gasteiger partial charge in [-0.25, -0.2) is 4.39 Å². The molecule has 0 amide bonds. The van der Waals surface area contributed by atoms with Gasteiger partial charge in [-0.05, 0) is 51.0 Å². The third-order valence-electron chi connectivity index (χ3n) is 3.56. The molecule has 1 aliphatic rings. The van der Waals surface area contributed by atoms with Gasteiger partial charge in [-0.3, -0.25) is 0 Å². The zero-order valence-electron chi connectivity index (χ0n) is 12.1. The van der Waals surface area contributed by atoms with E-state index in [-0.39, 0.29) is 24.1 Å². The Labute approximate surface area is 114 Å². The molecular formula is C15H23FN2O. The number of aryl methyl sites for hydroxylation is 1. The molecule has 2 rings (SSSR count). The summed E-state index contributed by atoms with van der Waals surface area (Å²) in [5.41, 5.74) is 8.55. The quantitative estimate of drug-likeness (QED) is 0.894. The summed E-state index contributed by atoms with van der Waals surface area (Å²) in [6.07, 6.45) is 0.352. The topological polar surface area (TPSA) is 38.5 Å². The Kier molecular flexibility index (Phi) is 4.11. The monoisotopic (exact) mass is 266 g/mol. The first kappa shape index (κ1) is 14.3. The van der Waals surface area contributed by atoms with E-state index in [1.807, 2.05) is 13.0 Å². The maximum atomic E-state index is 13.7. The molecule has 1 aliphatic heterocycles. The number of ether oxygens (including phenoxy) is 1. The Morgan fingerprint density at radius 3 is 2.42 bits per heavy atom. The zero-order chi connectivity index (χ0) is 14.2. The van der Waals surface area contributed by atoms with Gasteiger partial charge in [-0.15, -0.1) is 0 Å². The first-order chi connectivity index (χ1) is 8.88. The van der Waals surface area contributed by atoms with Crippen LogP contribution in [0.25, 0.3) is 0 Å². The Hall–Kier alpha value is -1.13. The maximum absolute atomic E-state index is 13.7. The normalized spacial score (nSPS) is 25.5. The molecule has 0 saturated carbocycles. The summed E-state index contributed by atoms with van der Waals surface area (Å²) in [6, 6.07) is 3.29. The van der Waals surface area contributed by atoms with E-state index in [9.17, 15) is 4.39 Å². The average Bonchev–Trinajstić information content (AvgIpc) is 2.30. The molecular weight excluding hydrogens is 243 g/mol. The van der Waals surface area contributed by atoms with Crippen LogP contribution in [0.5, 0.6) is 0 Å². The summed E-state index contributed by atoms with van der Waals surface area (Å²) in [7, 11) is 0. The summed E-state index contributed by atoms with van der Waals surface area (Å²) >= 11 is 0. The molecule has 1 fully saturated rings. The molecule has 2 N–H and O–H groups in total. The van der Waals surface area contributed by atoms with Crippen LogP contribution in [0.4, 0.5) is 10.1 Å². The Morgan fingerprint density at radius 2 is 1.89 bits per heavy atom. The summed E-state index contributed by atoms with van der Waals surface area (Å²) in [5, 5.41) is 0. The third-order valence-corrected chi connectivity index (χ3v) is 3.56. The molecule has 1 aromatic rings. The van der Waals surface area contributed by atoms with Crippen molar-refractivity contribution in [3.05, 3.63) is 29.1 Å². The molecule has 106 valence electrons. The molecule has 3 nitrogen and oxygen atoms in total. The molecule has 0 bridgehead atoms. The van der Waals surface area contributed by atoms with Crippen LogP contribution in [0, 0.1) is 12.7 Å². The van der Waals surface area contributed by atoms with E-state index in [1.165, 1.54) is 0 Å². The number of hydrogen-bond donors (Lipinski definition) is 1. The molecule has 0 radical (unpaired) electrons. The van der Waals surface area contributed by atoms with Crippen LogP contribution in [0.2, 0.25) is 0 Å². The molecule has 1 saturated heterocycles. The predicted molar refractivity (Wildman–Crippen MR) is 76.0 cm³/mol. The van der Waals surface area contributed by atoms with Gasteiger partial charge in [-0.1, -0.05) is 0 Å². The second-order valence-electron chi connectivity index (χ2n) is 5.61. The van der Waals surface area contributed by atoms with Gasteiger partial charge >= 0.3 is 0 Å². The number of halogens is 1. The number of rotatable bonds is 2. The van der Waals surface area contributed by atoms with Gasteiger partial charge in [-0.2, -0.15) is 0 Å². The summed E-state index contributed by atoms with van der Waals surface area (Å²) in [5.74, 6) is -0.189. The summed E-state index contributed by atoms with van der Waals surface area (Å²) in [4.78, 5) is 2.25. The number of nitrogens with zero attached hydrogens (tertiary/aromatic N) is 1. The van der Waals surface area contributed by atoms with Crippen LogP contribution < -0.4 is 10.6 Å². The summed E-state index contributed by atoms with van der Waals surface area (Å²) < 4.78 is 19.5. The molecule has 1 heterocycles. The fourth-order valence-corrected chi connectivity index (χ4v) is 2.69. The third kappa shape index (κ3) is 3.07. The van der Waals surface area contributed by atoms with E-state index < -0.39 is 0 Å².